The number of nitrogens with one attached hydrogen (secondary N) is 1. The van der Waals surface area contributed by atoms with E-state index in [9.17, 15) is 19.1 Å². The Hall–Kier alpha value is -2.93. The number of hydrogen-bond acceptors (Lipinski definition) is 4. The number of phenolic OH excluding ortho intramolecular Hbond substituents is 1. The summed E-state index contributed by atoms with van der Waals surface area (Å²) in [6.45, 7) is -0.236. The maximum absolute atomic E-state index is 13.9. The standard InChI is InChI=1S/C18H17FN2O4/c1-21-14(23)10-25-17(16(21)11-6-3-2-4-7-11)18(24)20-12-8-5-9-13(22)15(12)19/h2-9,16-17,22H,10H2,1H3,(H,20,24)/t16-,17+/m0/s1. The van der Waals surface area contributed by atoms with Gasteiger partial charge in [-0.2, -0.15) is 0 Å². The van der Waals surface area contributed by atoms with Crippen LogP contribution in [0.4, 0.5) is 10.1 Å². The molecule has 1 aliphatic heterocycles. The summed E-state index contributed by atoms with van der Waals surface area (Å²) in [5.74, 6) is -2.33. The Balaban J connectivity index is 1.89. The van der Waals surface area contributed by atoms with Gasteiger partial charge in [0, 0.05) is 7.05 Å². The quantitative estimate of drug-likeness (QED) is 0.893. The van der Waals surface area contributed by atoms with Crippen molar-refractivity contribution in [1.29, 1.82) is 0 Å². The second-order valence-electron chi connectivity index (χ2n) is 5.72. The molecular formula is C18H17FN2O4. The summed E-state index contributed by atoms with van der Waals surface area (Å²) in [5, 5.41) is 11.8. The zero-order valence-electron chi connectivity index (χ0n) is 13.5. The van der Waals surface area contributed by atoms with Crippen LogP contribution < -0.4 is 5.32 Å². The fourth-order valence-electron chi connectivity index (χ4n) is 2.80. The molecule has 0 spiro atoms. The third-order valence-corrected chi connectivity index (χ3v) is 4.12. The van der Waals surface area contributed by atoms with Gasteiger partial charge in [-0.05, 0) is 17.7 Å². The van der Waals surface area contributed by atoms with E-state index in [2.05, 4.69) is 5.32 Å². The first kappa shape index (κ1) is 16.9. The van der Waals surface area contributed by atoms with Gasteiger partial charge in [-0.15, -0.1) is 0 Å². The third-order valence-electron chi connectivity index (χ3n) is 4.12. The van der Waals surface area contributed by atoms with Crippen LogP contribution in [0.2, 0.25) is 0 Å². The molecule has 0 bridgehead atoms. The molecule has 1 heterocycles. The molecule has 0 aromatic heterocycles. The van der Waals surface area contributed by atoms with Crippen LogP contribution in [-0.2, 0) is 14.3 Å². The monoisotopic (exact) mass is 344 g/mol. The molecule has 2 atom stereocenters. The molecule has 1 fully saturated rings. The Morgan fingerprint density at radius 1 is 1.24 bits per heavy atom. The van der Waals surface area contributed by atoms with E-state index < -0.39 is 29.6 Å². The maximum Gasteiger partial charge on any atom is 0.256 e. The minimum Gasteiger partial charge on any atom is -0.505 e. The molecule has 0 aliphatic carbocycles. The summed E-state index contributed by atoms with van der Waals surface area (Å²) in [6, 6.07) is 12.3. The number of carbonyl (C=O) groups is 2. The number of aromatic hydroxyl groups is 1. The van der Waals surface area contributed by atoms with Crippen molar-refractivity contribution in [3.8, 4) is 5.75 Å². The molecule has 3 rings (SSSR count). The molecule has 2 amide bonds. The Morgan fingerprint density at radius 3 is 2.68 bits per heavy atom. The number of amides is 2. The highest BCUT2D eigenvalue weighted by atomic mass is 19.1. The number of carbonyl (C=O) groups excluding carboxylic acids is 2. The number of phenols is 1. The third kappa shape index (κ3) is 3.32. The lowest BCUT2D eigenvalue weighted by Crippen LogP contribution is -2.51. The van der Waals surface area contributed by atoms with Crippen LogP contribution in [0.5, 0.6) is 5.75 Å². The number of likely N-dealkylation sites (N-methyl/N-ethyl adjacent to an activating group) is 1. The lowest BCUT2D eigenvalue weighted by atomic mass is 9.97. The van der Waals surface area contributed by atoms with E-state index in [1.54, 1.807) is 31.3 Å². The second kappa shape index (κ2) is 6.90. The lowest BCUT2D eigenvalue weighted by Gasteiger charge is -2.38. The van der Waals surface area contributed by atoms with Crippen LogP contribution in [-0.4, -0.2) is 41.6 Å². The summed E-state index contributed by atoms with van der Waals surface area (Å²) in [7, 11) is 1.59. The van der Waals surface area contributed by atoms with Crippen LogP contribution in [0.3, 0.4) is 0 Å². The summed E-state index contributed by atoms with van der Waals surface area (Å²) in [6.07, 6.45) is -1.01. The van der Waals surface area contributed by atoms with Gasteiger partial charge in [-0.25, -0.2) is 4.39 Å². The van der Waals surface area contributed by atoms with E-state index in [1.807, 2.05) is 6.07 Å². The zero-order valence-corrected chi connectivity index (χ0v) is 13.5. The number of benzene rings is 2. The van der Waals surface area contributed by atoms with Gasteiger partial charge in [0.1, 0.15) is 6.61 Å². The predicted molar refractivity (Wildman–Crippen MR) is 88.4 cm³/mol. The van der Waals surface area contributed by atoms with Gasteiger partial charge >= 0.3 is 0 Å². The van der Waals surface area contributed by atoms with E-state index in [1.165, 1.54) is 23.1 Å². The van der Waals surface area contributed by atoms with Crippen molar-refractivity contribution in [3.05, 3.63) is 59.9 Å². The largest absolute Gasteiger partial charge is 0.505 e. The number of morpholine rings is 1. The molecule has 0 saturated carbocycles. The van der Waals surface area contributed by atoms with Gasteiger partial charge in [0.2, 0.25) is 5.91 Å². The normalized spacial score (nSPS) is 20.4. The second-order valence-corrected chi connectivity index (χ2v) is 5.72. The number of halogens is 1. The zero-order chi connectivity index (χ0) is 18.0. The van der Waals surface area contributed by atoms with E-state index in [4.69, 9.17) is 4.74 Å². The highest BCUT2D eigenvalue weighted by Crippen LogP contribution is 2.30. The van der Waals surface area contributed by atoms with Crippen LogP contribution in [0.15, 0.2) is 48.5 Å². The average Bonchev–Trinajstić information content (AvgIpc) is 2.61. The van der Waals surface area contributed by atoms with Crippen LogP contribution in [0.25, 0.3) is 0 Å². The maximum atomic E-state index is 13.9. The Kier molecular flexibility index (Phi) is 4.67. The number of nitrogens with zero attached hydrogens (tertiary/aromatic N) is 1. The lowest BCUT2D eigenvalue weighted by molar-refractivity contribution is -0.160. The van der Waals surface area contributed by atoms with Crippen molar-refractivity contribution in [2.45, 2.75) is 12.1 Å². The summed E-state index contributed by atoms with van der Waals surface area (Å²) in [4.78, 5) is 26.1. The first-order valence-electron chi connectivity index (χ1n) is 7.69. The van der Waals surface area contributed by atoms with Crippen LogP contribution >= 0.6 is 0 Å². The van der Waals surface area contributed by atoms with Crippen molar-refractivity contribution in [2.24, 2.45) is 0 Å². The Labute approximate surface area is 143 Å². The Morgan fingerprint density at radius 2 is 1.96 bits per heavy atom. The SMILES string of the molecule is CN1C(=O)CO[C@@H](C(=O)Nc2cccc(O)c2F)[C@@H]1c1ccccc1. The Bertz CT molecular complexity index is 797. The molecule has 2 N–H and O–H groups in total. The molecule has 7 heteroatoms. The number of rotatable bonds is 3. The molecule has 2 aromatic carbocycles. The minimum atomic E-state index is -1.01. The van der Waals surface area contributed by atoms with E-state index in [0.29, 0.717) is 0 Å². The van der Waals surface area contributed by atoms with E-state index in [-0.39, 0.29) is 18.2 Å². The van der Waals surface area contributed by atoms with Gasteiger partial charge < -0.3 is 20.1 Å². The predicted octanol–water partition coefficient (Wildman–Crippen LogP) is 2.07. The van der Waals surface area contributed by atoms with Gasteiger partial charge in [0.05, 0.1) is 11.7 Å². The number of anilines is 1. The number of ether oxygens (including phenoxy) is 1. The minimum absolute atomic E-state index is 0.153. The van der Waals surface area contributed by atoms with Gasteiger partial charge in [0.25, 0.3) is 5.91 Å². The highest BCUT2D eigenvalue weighted by molar-refractivity contribution is 5.96. The smallest absolute Gasteiger partial charge is 0.256 e. The molecule has 130 valence electrons. The van der Waals surface area contributed by atoms with Gasteiger partial charge in [-0.3, -0.25) is 9.59 Å². The van der Waals surface area contributed by atoms with Crippen molar-refractivity contribution in [1.82, 2.24) is 4.90 Å². The first-order valence-corrected chi connectivity index (χ1v) is 7.69. The molecule has 1 saturated heterocycles. The molecule has 0 radical (unpaired) electrons. The van der Waals surface area contributed by atoms with E-state index >= 15 is 0 Å². The van der Waals surface area contributed by atoms with Crippen molar-refractivity contribution in [3.63, 3.8) is 0 Å². The van der Waals surface area contributed by atoms with Crippen molar-refractivity contribution < 1.29 is 23.8 Å². The first-order chi connectivity index (χ1) is 12.0. The topological polar surface area (TPSA) is 78.9 Å². The van der Waals surface area contributed by atoms with Gasteiger partial charge in [-0.1, -0.05) is 36.4 Å². The number of hydrogen-bond donors (Lipinski definition) is 2. The van der Waals surface area contributed by atoms with Crippen LogP contribution in [0.1, 0.15) is 11.6 Å². The fraction of sp³-hybridized carbons (Fsp3) is 0.222. The van der Waals surface area contributed by atoms with Crippen LogP contribution in [0, 0.1) is 5.82 Å². The molecule has 1 aliphatic rings. The molecular weight excluding hydrogens is 327 g/mol. The van der Waals surface area contributed by atoms with E-state index in [0.717, 1.165) is 5.56 Å². The summed E-state index contributed by atoms with van der Waals surface area (Å²) < 4.78 is 19.4. The molecule has 2 aromatic rings. The fourth-order valence-corrected chi connectivity index (χ4v) is 2.80. The molecule has 0 unspecified atom stereocenters. The average molecular weight is 344 g/mol. The molecule has 6 nitrogen and oxygen atoms in total. The van der Waals surface area contributed by atoms with Crippen molar-refractivity contribution >= 4 is 17.5 Å². The molecule has 25 heavy (non-hydrogen) atoms. The summed E-state index contributed by atoms with van der Waals surface area (Å²) >= 11 is 0. The van der Waals surface area contributed by atoms with Crippen molar-refractivity contribution in [2.75, 3.05) is 19.0 Å². The van der Waals surface area contributed by atoms with Gasteiger partial charge in [0.15, 0.2) is 17.7 Å². The summed E-state index contributed by atoms with van der Waals surface area (Å²) in [5.41, 5.74) is 0.578. The highest BCUT2D eigenvalue weighted by Gasteiger charge is 2.40.